The van der Waals surface area contributed by atoms with Crippen molar-refractivity contribution in [2.45, 2.75) is 38.0 Å². The van der Waals surface area contributed by atoms with Gasteiger partial charge in [0.15, 0.2) is 0 Å². The molecule has 0 aromatic heterocycles. The molecule has 1 aromatic rings. The van der Waals surface area contributed by atoms with Crippen molar-refractivity contribution in [1.29, 1.82) is 0 Å². The summed E-state index contributed by atoms with van der Waals surface area (Å²) in [7, 11) is 0. The second-order valence-electron chi connectivity index (χ2n) is 3.65. The number of benzene rings is 1. The molecule has 14 heavy (non-hydrogen) atoms. The van der Waals surface area contributed by atoms with Crippen LogP contribution in [0.3, 0.4) is 0 Å². The van der Waals surface area contributed by atoms with E-state index in [2.05, 4.69) is 31.8 Å². The van der Waals surface area contributed by atoms with E-state index in [4.69, 9.17) is 0 Å². The van der Waals surface area contributed by atoms with Gasteiger partial charge in [-0.2, -0.15) is 35.9 Å². The summed E-state index contributed by atoms with van der Waals surface area (Å²) in [5, 5.41) is 0. The van der Waals surface area contributed by atoms with Gasteiger partial charge >= 0.3 is 30.0 Å². The first kappa shape index (κ1) is 12.4. The topological polar surface area (TPSA) is 0 Å². The fourth-order valence-corrected chi connectivity index (χ4v) is 2.07. The van der Waals surface area contributed by atoms with Crippen LogP contribution in [-0.2, 0) is 16.3 Å². The fraction of sp³-hybridized carbons (Fsp3) is 0.500. The molecule has 0 unspecified atom stereocenters. The monoisotopic (exact) mass is 302 g/mol. The molecule has 1 fully saturated rings. The van der Waals surface area contributed by atoms with Gasteiger partial charge in [-0.15, -0.1) is 0 Å². The Hall–Kier alpha value is 0.323. The molecule has 0 saturated heterocycles. The van der Waals surface area contributed by atoms with Crippen LogP contribution in [0.2, 0.25) is 0 Å². The molecule has 0 heterocycles. The summed E-state index contributed by atoms with van der Waals surface area (Å²) < 4.78 is 0. The number of hydrogen-bond acceptors (Lipinski definition) is 0. The average Bonchev–Trinajstić information content (AvgIpc) is 2.34. The molecular formula is C12H15BrZn. The molecule has 0 spiro atoms. The molecule has 1 aliphatic rings. The second kappa shape index (κ2) is 7.59. The third-order valence-electron chi connectivity index (χ3n) is 2.78. The summed E-state index contributed by atoms with van der Waals surface area (Å²) in [6, 6.07) is 11.8. The molecular weight excluding hydrogens is 289 g/mol. The predicted molar refractivity (Wildman–Crippen MR) is 60.0 cm³/mol. The first-order valence-electron chi connectivity index (χ1n) is 5.20. The maximum atomic E-state index is 3.34. The molecule has 0 amide bonds. The standard InChI is InChI=1S/C12H15.BrH.Zn/c1-3-7-11(8-4-1)12-9-5-2-6-10-12;;/h1,3-4,7,12H,2,5-6,9-10H2;1H;/q-1;;+2/p-1. The Bertz CT molecular complexity index is 229. The molecule has 0 N–H and O–H groups in total. The van der Waals surface area contributed by atoms with Gasteiger partial charge in [0.2, 0.25) is 0 Å². The van der Waals surface area contributed by atoms with E-state index < -0.39 is 0 Å². The minimum atomic E-state index is 0.806. The van der Waals surface area contributed by atoms with E-state index >= 15 is 0 Å². The molecule has 1 saturated carbocycles. The van der Waals surface area contributed by atoms with Crippen molar-refractivity contribution in [3.63, 3.8) is 0 Å². The number of rotatable bonds is 1. The molecule has 1 aromatic carbocycles. The Kier molecular flexibility index (Phi) is 6.72. The van der Waals surface area contributed by atoms with Gasteiger partial charge in [-0.25, -0.2) is 0 Å². The Labute approximate surface area is 104 Å². The van der Waals surface area contributed by atoms with Crippen LogP contribution in [0.5, 0.6) is 0 Å². The van der Waals surface area contributed by atoms with Gasteiger partial charge in [-0.1, -0.05) is 19.3 Å². The van der Waals surface area contributed by atoms with Crippen molar-refractivity contribution in [2.75, 3.05) is 0 Å². The summed E-state index contributed by atoms with van der Waals surface area (Å²) in [6.45, 7) is 0. The summed E-state index contributed by atoms with van der Waals surface area (Å²) >= 11 is 4.25. The predicted octanol–water partition coefficient (Wildman–Crippen LogP) is 4.38. The molecule has 1 aliphatic carbocycles. The van der Waals surface area contributed by atoms with E-state index in [1.807, 2.05) is 12.1 Å². The van der Waals surface area contributed by atoms with Crippen LogP contribution in [0.1, 0.15) is 43.6 Å². The molecule has 0 aliphatic heterocycles. The molecule has 0 radical (unpaired) electrons. The number of halogens is 1. The van der Waals surface area contributed by atoms with E-state index in [0.717, 1.165) is 5.92 Å². The SMILES string of the molecule is [Zn+][Br].[c-]1ccccc1C1CCCCC1. The zero-order valence-electron chi connectivity index (χ0n) is 8.51. The van der Waals surface area contributed by atoms with Gasteiger partial charge in [-0.3, -0.25) is 0 Å². The van der Waals surface area contributed by atoms with Crippen LogP contribution in [-0.4, -0.2) is 0 Å². The zero-order valence-corrected chi connectivity index (χ0v) is 13.1. The Morgan fingerprint density at radius 3 is 2.43 bits per heavy atom. The molecule has 2 heteroatoms. The van der Waals surface area contributed by atoms with Gasteiger partial charge in [0.1, 0.15) is 0 Å². The van der Waals surface area contributed by atoms with Crippen LogP contribution in [0.25, 0.3) is 0 Å². The quantitative estimate of drug-likeness (QED) is 0.533. The Morgan fingerprint density at radius 2 is 1.86 bits per heavy atom. The summed E-state index contributed by atoms with van der Waals surface area (Å²) in [5.41, 5.74) is 1.43. The number of hydrogen-bond donors (Lipinski definition) is 0. The zero-order chi connectivity index (χ0) is 10.2. The van der Waals surface area contributed by atoms with Crippen LogP contribution in [0.15, 0.2) is 24.3 Å². The van der Waals surface area contributed by atoms with E-state index in [-0.39, 0.29) is 0 Å². The van der Waals surface area contributed by atoms with E-state index in [0.29, 0.717) is 0 Å². The maximum absolute atomic E-state index is 3.34. The third kappa shape index (κ3) is 3.83. The maximum Gasteiger partial charge on any atom is -0.0390 e. The van der Waals surface area contributed by atoms with Gasteiger partial charge in [0.25, 0.3) is 0 Å². The summed E-state index contributed by atoms with van der Waals surface area (Å²) in [4.78, 5) is 0. The Morgan fingerprint density at radius 1 is 1.14 bits per heavy atom. The van der Waals surface area contributed by atoms with Crippen molar-refractivity contribution >= 4 is 13.6 Å². The average molecular weight is 305 g/mol. The first-order valence-corrected chi connectivity index (χ1v) is 12.1. The smallest absolute Gasteiger partial charge is 0.0390 e. The Balaban J connectivity index is 0.000000461. The van der Waals surface area contributed by atoms with Crippen molar-refractivity contribution in [3.05, 3.63) is 35.9 Å². The largest absolute Gasteiger partial charge is 0.180 e. The van der Waals surface area contributed by atoms with Gasteiger partial charge in [-0.05, 0) is 18.8 Å². The second-order valence-corrected chi connectivity index (χ2v) is 3.65. The van der Waals surface area contributed by atoms with Crippen LogP contribution in [0.4, 0.5) is 0 Å². The fourth-order valence-electron chi connectivity index (χ4n) is 2.07. The van der Waals surface area contributed by atoms with Gasteiger partial charge < -0.3 is 0 Å². The van der Waals surface area contributed by atoms with Gasteiger partial charge in [0.05, 0.1) is 0 Å². The third-order valence-corrected chi connectivity index (χ3v) is 2.78. The normalized spacial score (nSPS) is 17.1. The summed E-state index contributed by atoms with van der Waals surface area (Å²) in [5.74, 6) is 0.806. The first-order chi connectivity index (χ1) is 6.97. The van der Waals surface area contributed by atoms with E-state index in [1.54, 1.807) is 0 Å². The van der Waals surface area contributed by atoms with Crippen molar-refractivity contribution < 1.29 is 16.3 Å². The summed E-state index contributed by atoms with van der Waals surface area (Å²) in [6.07, 6.45) is 7.01. The minimum Gasteiger partial charge on any atom is -0.180 e. The van der Waals surface area contributed by atoms with E-state index in [1.165, 1.54) is 54.0 Å². The minimum absolute atomic E-state index is 0.806. The van der Waals surface area contributed by atoms with E-state index in [9.17, 15) is 0 Å². The molecule has 2 rings (SSSR count). The molecule has 0 nitrogen and oxygen atoms in total. The van der Waals surface area contributed by atoms with Crippen LogP contribution in [0, 0.1) is 6.07 Å². The molecule has 0 bridgehead atoms. The molecule has 72 valence electrons. The van der Waals surface area contributed by atoms with Crippen molar-refractivity contribution in [3.8, 4) is 0 Å². The van der Waals surface area contributed by atoms with Crippen molar-refractivity contribution in [2.24, 2.45) is 0 Å². The van der Waals surface area contributed by atoms with Crippen LogP contribution < -0.4 is 0 Å². The van der Waals surface area contributed by atoms with Crippen LogP contribution >= 0.6 is 13.6 Å². The molecule has 0 atom stereocenters. The van der Waals surface area contributed by atoms with Gasteiger partial charge in [0, 0.05) is 0 Å². The van der Waals surface area contributed by atoms with Crippen molar-refractivity contribution in [1.82, 2.24) is 0 Å².